The van der Waals surface area contributed by atoms with Gasteiger partial charge in [-0.2, -0.15) is 0 Å². The van der Waals surface area contributed by atoms with Crippen molar-refractivity contribution in [2.45, 2.75) is 71.4 Å². The Bertz CT molecular complexity index is 504. The highest BCUT2D eigenvalue weighted by atomic mass is 32.1. The largest absolute Gasteiger partial charge is 0.355 e. The van der Waals surface area contributed by atoms with Crippen LogP contribution in [0.25, 0.3) is 0 Å². The highest BCUT2D eigenvalue weighted by Crippen LogP contribution is 2.32. The van der Waals surface area contributed by atoms with Gasteiger partial charge >= 0.3 is 0 Å². The molecule has 0 aromatic carbocycles. The second kappa shape index (κ2) is 6.44. The third kappa shape index (κ3) is 4.04. The van der Waals surface area contributed by atoms with E-state index in [0.717, 1.165) is 36.5 Å². The molecule has 0 spiro atoms. The Balaban J connectivity index is 2.11. The lowest BCUT2D eigenvalue weighted by atomic mass is 9.98. The maximum atomic E-state index is 12.0. The summed E-state index contributed by atoms with van der Waals surface area (Å²) in [6.45, 7) is 11.6. The van der Waals surface area contributed by atoms with Gasteiger partial charge in [0.25, 0.3) is 0 Å². The van der Waals surface area contributed by atoms with Gasteiger partial charge in [-0.3, -0.25) is 10.1 Å². The molecule has 1 aliphatic rings. The van der Waals surface area contributed by atoms with Crippen molar-refractivity contribution in [2.75, 3.05) is 6.54 Å². The number of nitrogens with one attached hydrogen (secondary N) is 2. The fourth-order valence-electron chi connectivity index (χ4n) is 2.61. The van der Waals surface area contributed by atoms with Crippen molar-refractivity contribution in [1.29, 1.82) is 0 Å². The van der Waals surface area contributed by atoms with Gasteiger partial charge in [-0.1, -0.05) is 20.8 Å². The SMILES string of the molecule is Cc1nc(C(C)(C)C)sc1C(C)NC1CCCCNC1=O. The maximum absolute atomic E-state index is 12.0. The summed E-state index contributed by atoms with van der Waals surface area (Å²) in [6.07, 6.45) is 3.09. The molecule has 1 amide bonds. The van der Waals surface area contributed by atoms with Crippen LogP contribution in [0, 0.1) is 6.92 Å². The Labute approximate surface area is 131 Å². The van der Waals surface area contributed by atoms with E-state index < -0.39 is 0 Å². The number of carbonyl (C=O) groups excluding carboxylic acids is 1. The van der Waals surface area contributed by atoms with Gasteiger partial charge in [0, 0.05) is 22.9 Å². The summed E-state index contributed by atoms with van der Waals surface area (Å²) < 4.78 is 0. The molecule has 1 aliphatic heterocycles. The Hall–Kier alpha value is -0.940. The Morgan fingerprint density at radius 1 is 1.38 bits per heavy atom. The van der Waals surface area contributed by atoms with Gasteiger partial charge < -0.3 is 5.32 Å². The zero-order valence-electron chi connectivity index (χ0n) is 13.7. The minimum absolute atomic E-state index is 0.0765. The summed E-state index contributed by atoms with van der Waals surface area (Å²) in [6, 6.07) is 0.0783. The third-order valence-electron chi connectivity index (χ3n) is 3.85. The van der Waals surface area contributed by atoms with Crippen LogP contribution in [-0.4, -0.2) is 23.5 Å². The predicted molar refractivity (Wildman–Crippen MR) is 87.8 cm³/mol. The standard InChI is InChI=1S/C16H27N3OS/c1-10(18-12-8-6-7-9-17-14(12)20)13-11(2)19-15(21-13)16(3,4)5/h10,12,18H,6-9H2,1-5H3,(H,17,20). The van der Waals surface area contributed by atoms with Gasteiger partial charge in [0.15, 0.2) is 0 Å². The molecule has 0 radical (unpaired) electrons. The van der Waals surface area contributed by atoms with Gasteiger partial charge in [0.05, 0.1) is 16.7 Å². The molecule has 2 N–H and O–H groups in total. The van der Waals surface area contributed by atoms with E-state index in [1.54, 1.807) is 11.3 Å². The van der Waals surface area contributed by atoms with Crippen molar-refractivity contribution in [3.8, 4) is 0 Å². The normalized spacial score (nSPS) is 21.8. The van der Waals surface area contributed by atoms with E-state index in [4.69, 9.17) is 4.98 Å². The van der Waals surface area contributed by atoms with E-state index in [9.17, 15) is 4.79 Å². The molecule has 5 heteroatoms. The number of hydrogen-bond donors (Lipinski definition) is 2. The molecule has 0 aliphatic carbocycles. The first-order valence-electron chi connectivity index (χ1n) is 7.80. The van der Waals surface area contributed by atoms with Crippen LogP contribution in [0.15, 0.2) is 0 Å². The van der Waals surface area contributed by atoms with E-state index in [0.29, 0.717) is 0 Å². The Morgan fingerprint density at radius 2 is 2.10 bits per heavy atom. The van der Waals surface area contributed by atoms with Crippen molar-refractivity contribution in [1.82, 2.24) is 15.6 Å². The van der Waals surface area contributed by atoms with E-state index in [-0.39, 0.29) is 23.4 Å². The lowest BCUT2D eigenvalue weighted by Crippen LogP contribution is -2.43. The molecule has 2 unspecified atom stereocenters. The van der Waals surface area contributed by atoms with Crippen LogP contribution in [0.4, 0.5) is 0 Å². The van der Waals surface area contributed by atoms with Crippen molar-refractivity contribution in [3.63, 3.8) is 0 Å². The molecule has 2 heterocycles. The summed E-state index contributed by atoms with van der Waals surface area (Å²) >= 11 is 1.76. The number of hydrogen-bond acceptors (Lipinski definition) is 4. The van der Waals surface area contributed by atoms with Crippen LogP contribution in [0.5, 0.6) is 0 Å². The van der Waals surface area contributed by atoms with Gasteiger partial charge in [0.1, 0.15) is 0 Å². The number of amides is 1. The zero-order chi connectivity index (χ0) is 15.6. The monoisotopic (exact) mass is 309 g/mol. The van der Waals surface area contributed by atoms with Crippen LogP contribution in [0.2, 0.25) is 0 Å². The predicted octanol–water partition coefficient (Wildman–Crippen LogP) is 3.07. The smallest absolute Gasteiger partial charge is 0.237 e. The lowest BCUT2D eigenvalue weighted by Gasteiger charge is -2.20. The molecule has 2 rings (SSSR count). The molecule has 118 valence electrons. The van der Waals surface area contributed by atoms with E-state index in [2.05, 4.69) is 45.3 Å². The Morgan fingerprint density at radius 3 is 2.71 bits per heavy atom. The topological polar surface area (TPSA) is 54.0 Å². The first-order valence-corrected chi connectivity index (χ1v) is 8.62. The number of aromatic nitrogens is 1. The molecule has 0 bridgehead atoms. The molecule has 1 aromatic rings. The number of nitrogens with zero attached hydrogens (tertiary/aromatic N) is 1. The summed E-state index contributed by atoms with van der Waals surface area (Å²) in [7, 11) is 0. The molecule has 4 nitrogen and oxygen atoms in total. The molecular weight excluding hydrogens is 282 g/mol. The second-order valence-corrected chi connectivity index (χ2v) is 7.98. The molecular formula is C16H27N3OS. The number of rotatable bonds is 3. The number of carbonyl (C=O) groups is 1. The quantitative estimate of drug-likeness (QED) is 0.902. The summed E-state index contributed by atoms with van der Waals surface area (Å²) in [5.74, 6) is 0.137. The average molecular weight is 309 g/mol. The van der Waals surface area contributed by atoms with E-state index in [1.807, 2.05) is 0 Å². The third-order valence-corrected chi connectivity index (χ3v) is 5.62. The highest BCUT2D eigenvalue weighted by molar-refractivity contribution is 7.12. The molecule has 1 fully saturated rings. The van der Waals surface area contributed by atoms with Crippen LogP contribution in [0.1, 0.15) is 68.6 Å². The minimum atomic E-state index is -0.0814. The van der Waals surface area contributed by atoms with Crippen LogP contribution < -0.4 is 10.6 Å². The van der Waals surface area contributed by atoms with Gasteiger partial charge in [-0.25, -0.2) is 4.98 Å². The Kier molecular flexibility index (Phi) is 5.04. The van der Waals surface area contributed by atoms with Crippen molar-refractivity contribution < 1.29 is 4.79 Å². The van der Waals surface area contributed by atoms with Gasteiger partial charge in [-0.05, 0) is 33.1 Å². The van der Waals surface area contributed by atoms with Crippen LogP contribution >= 0.6 is 11.3 Å². The molecule has 21 heavy (non-hydrogen) atoms. The molecule has 0 saturated carbocycles. The minimum Gasteiger partial charge on any atom is -0.355 e. The number of thiazole rings is 1. The average Bonchev–Trinajstić information content (AvgIpc) is 2.68. The van der Waals surface area contributed by atoms with Crippen molar-refractivity contribution >= 4 is 17.2 Å². The lowest BCUT2D eigenvalue weighted by molar-refractivity contribution is -0.123. The summed E-state index contributed by atoms with van der Waals surface area (Å²) in [4.78, 5) is 18.0. The maximum Gasteiger partial charge on any atom is 0.237 e. The van der Waals surface area contributed by atoms with Gasteiger partial charge in [-0.15, -0.1) is 11.3 Å². The fraction of sp³-hybridized carbons (Fsp3) is 0.750. The van der Waals surface area contributed by atoms with Gasteiger partial charge in [0.2, 0.25) is 5.91 Å². The highest BCUT2D eigenvalue weighted by Gasteiger charge is 2.26. The first kappa shape index (κ1) is 16.4. The molecule has 1 saturated heterocycles. The summed E-state index contributed by atoms with van der Waals surface area (Å²) in [5, 5.41) is 7.63. The van der Waals surface area contributed by atoms with Crippen LogP contribution in [0.3, 0.4) is 0 Å². The fourth-order valence-corrected chi connectivity index (χ4v) is 3.74. The number of aryl methyl sites for hydroxylation is 1. The second-order valence-electron chi connectivity index (χ2n) is 6.95. The van der Waals surface area contributed by atoms with E-state index >= 15 is 0 Å². The molecule has 1 aromatic heterocycles. The van der Waals surface area contributed by atoms with Crippen LogP contribution in [-0.2, 0) is 10.2 Å². The van der Waals surface area contributed by atoms with Crippen molar-refractivity contribution in [2.24, 2.45) is 0 Å². The summed E-state index contributed by atoms with van der Waals surface area (Å²) in [5.41, 5.74) is 1.16. The zero-order valence-corrected chi connectivity index (χ0v) is 14.6. The van der Waals surface area contributed by atoms with E-state index in [1.165, 1.54) is 4.88 Å². The molecule has 2 atom stereocenters. The van der Waals surface area contributed by atoms with Crippen molar-refractivity contribution in [3.05, 3.63) is 15.6 Å². The first-order chi connectivity index (χ1) is 9.79.